The number of nitrogens with zero attached hydrogens (tertiary/aromatic N) is 3. The van der Waals surface area contributed by atoms with Crippen LogP contribution in [-0.4, -0.2) is 35.7 Å². The van der Waals surface area contributed by atoms with Crippen LogP contribution in [0.15, 0.2) is 60.7 Å². The molecule has 2 heterocycles. The smallest absolute Gasteiger partial charge is 0.227 e. The molecule has 1 amide bonds. The van der Waals surface area contributed by atoms with Crippen molar-refractivity contribution in [2.45, 2.75) is 32.7 Å². The number of ether oxygens (including phenoxy) is 2. The van der Waals surface area contributed by atoms with Crippen LogP contribution in [0.3, 0.4) is 0 Å². The molecule has 7 heteroatoms. The maximum absolute atomic E-state index is 13.1. The van der Waals surface area contributed by atoms with E-state index in [-0.39, 0.29) is 11.8 Å². The molecule has 35 heavy (non-hydrogen) atoms. The van der Waals surface area contributed by atoms with Crippen LogP contribution in [0.5, 0.6) is 11.5 Å². The predicted molar refractivity (Wildman–Crippen MR) is 139 cm³/mol. The quantitative estimate of drug-likeness (QED) is 0.323. The molecule has 0 spiro atoms. The standard InChI is InChI=1S/C28H28ClN3O3/c1-18-8-10-25(19(2)14-18)35-13-12-31-23-7-5-4-6-22(23)30-28(31)20-15-27(33)32(17-20)24-16-21(29)9-11-26(24)34-3/h4-11,14,16,20H,12-13,15,17H2,1-3H3. The Morgan fingerprint density at radius 1 is 1.06 bits per heavy atom. The van der Waals surface area contributed by atoms with Gasteiger partial charge in [-0.2, -0.15) is 0 Å². The Morgan fingerprint density at radius 2 is 1.86 bits per heavy atom. The summed E-state index contributed by atoms with van der Waals surface area (Å²) in [5.74, 6) is 2.38. The molecule has 1 saturated heterocycles. The zero-order chi connectivity index (χ0) is 24.5. The first-order valence-electron chi connectivity index (χ1n) is 11.7. The van der Waals surface area contributed by atoms with Gasteiger partial charge in [0.1, 0.15) is 23.9 Å². The van der Waals surface area contributed by atoms with Gasteiger partial charge < -0.3 is 18.9 Å². The van der Waals surface area contributed by atoms with Gasteiger partial charge in [-0.15, -0.1) is 0 Å². The largest absolute Gasteiger partial charge is 0.495 e. The van der Waals surface area contributed by atoms with Crippen molar-refractivity contribution in [3.63, 3.8) is 0 Å². The molecule has 1 atom stereocenters. The molecule has 3 aromatic carbocycles. The number of aromatic nitrogens is 2. The van der Waals surface area contributed by atoms with Crippen molar-refractivity contribution in [2.75, 3.05) is 25.2 Å². The summed E-state index contributed by atoms with van der Waals surface area (Å²) >= 11 is 6.24. The molecule has 1 aromatic heterocycles. The Hall–Kier alpha value is -3.51. The number of amides is 1. The van der Waals surface area contributed by atoms with E-state index in [0.717, 1.165) is 28.2 Å². The van der Waals surface area contributed by atoms with Crippen LogP contribution in [0.2, 0.25) is 5.02 Å². The highest BCUT2D eigenvalue weighted by Gasteiger charge is 2.36. The van der Waals surface area contributed by atoms with Crippen LogP contribution in [0.4, 0.5) is 5.69 Å². The van der Waals surface area contributed by atoms with Crippen molar-refractivity contribution in [1.82, 2.24) is 9.55 Å². The number of para-hydroxylation sites is 2. The Bertz CT molecular complexity index is 1400. The summed E-state index contributed by atoms with van der Waals surface area (Å²) < 4.78 is 13.8. The van der Waals surface area contributed by atoms with E-state index in [2.05, 4.69) is 36.6 Å². The molecule has 0 N–H and O–H groups in total. The molecule has 1 fully saturated rings. The third-order valence-corrected chi connectivity index (χ3v) is 6.74. The number of methoxy groups -OCH3 is 1. The summed E-state index contributed by atoms with van der Waals surface area (Å²) in [7, 11) is 1.60. The first kappa shape index (κ1) is 23.2. The minimum absolute atomic E-state index is 0.0284. The highest BCUT2D eigenvalue weighted by atomic mass is 35.5. The summed E-state index contributed by atoms with van der Waals surface area (Å²) in [4.78, 5) is 19.8. The second-order valence-electron chi connectivity index (χ2n) is 8.95. The number of fused-ring (bicyclic) bond motifs is 1. The lowest BCUT2D eigenvalue weighted by Crippen LogP contribution is -2.25. The summed E-state index contributed by atoms with van der Waals surface area (Å²) in [6.07, 6.45) is 0.372. The Balaban J connectivity index is 1.42. The molecule has 0 radical (unpaired) electrons. The van der Waals surface area contributed by atoms with E-state index in [4.69, 9.17) is 26.1 Å². The van der Waals surface area contributed by atoms with Gasteiger partial charge in [-0.05, 0) is 55.8 Å². The van der Waals surface area contributed by atoms with Crippen molar-refractivity contribution in [3.8, 4) is 11.5 Å². The second-order valence-corrected chi connectivity index (χ2v) is 9.39. The van der Waals surface area contributed by atoms with Crippen LogP contribution >= 0.6 is 11.6 Å². The number of benzene rings is 3. The van der Waals surface area contributed by atoms with E-state index < -0.39 is 0 Å². The molecule has 1 aliphatic heterocycles. The lowest BCUT2D eigenvalue weighted by Gasteiger charge is -2.20. The van der Waals surface area contributed by atoms with Gasteiger partial charge in [0.05, 0.1) is 30.4 Å². The van der Waals surface area contributed by atoms with Gasteiger partial charge >= 0.3 is 0 Å². The van der Waals surface area contributed by atoms with Gasteiger partial charge in [0.2, 0.25) is 5.91 Å². The monoisotopic (exact) mass is 489 g/mol. The average molecular weight is 490 g/mol. The molecule has 1 unspecified atom stereocenters. The van der Waals surface area contributed by atoms with Crippen LogP contribution < -0.4 is 14.4 Å². The van der Waals surface area contributed by atoms with E-state index in [1.165, 1.54) is 5.56 Å². The summed E-state index contributed by atoms with van der Waals surface area (Å²) in [6.45, 7) is 5.78. The van der Waals surface area contributed by atoms with Gasteiger partial charge in [-0.3, -0.25) is 4.79 Å². The van der Waals surface area contributed by atoms with E-state index in [9.17, 15) is 4.79 Å². The molecule has 180 valence electrons. The number of halogens is 1. The van der Waals surface area contributed by atoms with Crippen molar-refractivity contribution < 1.29 is 14.3 Å². The number of anilines is 1. The summed E-state index contributed by atoms with van der Waals surface area (Å²) in [5.41, 5.74) is 4.98. The minimum atomic E-state index is -0.0558. The summed E-state index contributed by atoms with van der Waals surface area (Å²) in [5, 5.41) is 0.563. The predicted octanol–water partition coefficient (Wildman–Crippen LogP) is 5.91. The zero-order valence-electron chi connectivity index (χ0n) is 20.1. The van der Waals surface area contributed by atoms with Gasteiger partial charge in [-0.25, -0.2) is 4.98 Å². The third-order valence-electron chi connectivity index (χ3n) is 6.51. The van der Waals surface area contributed by atoms with Gasteiger partial charge in [0.25, 0.3) is 0 Å². The number of carbonyl (C=O) groups excluding carboxylic acids is 1. The van der Waals surface area contributed by atoms with Gasteiger partial charge in [0, 0.05) is 23.9 Å². The number of hydrogen-bond acceptors (Lipinski definition) is 4. The fourth-order valence-corrected chi connectivity index (χ4v) is 5.00. The average Bonchev–Trinajstić information content (AvgIpc) is 3.41. The summed E-state index contributed by atoms with van der Waals surface area (Å²) in [6, 6.07) is 19.6. The molecular formula is C28H28ClN3O3. The number of imidazole rings is 1. The maximum atomic E-state index is 13.1. The topological polar surface area (TPSA) is 56.6 Å². The lowest BCUT2D eigenvalue weighted by molar-refractivity contribution is -0.117. The highest BCUT2D eigenvalue weighted by molar-refractivity contribution is 6.31. The van der Waals surface area contributed by atoms with E-state index >= 15 is 0 Å². The Kier molecular flexibility index (Phi) is 6.39. The van der Waals surface area contributed by atoms with Crippen molar-refractivity contribution in [3.05, 3.63) is 82.6 Å². The minimum Gasteiger partial charge on any atom is -0.495 e. The first-order chi connectivity index (χ1) is 16.9. The molecule has 0 aliphatic carbocycles. The third kappa shape index (κ3) is 4.58. The normalized spacial score (nSPS) is 15.7. The van der Waals surface area contributed by atoms with E-state index in [0.29, 0.717) is 42.6 Å². The fraction of sp³-hybridized carbons (Fsp3) is 0.286. The van der Waals surface area contributed by atoms with Gasteiger partial charge in [0.15, 0.2) is 0 Å². The van der Waals surface area contributed by atoms with E-state index in [1.54, 1.807) is 30.2 Å². The molecule has 4 aromatic rings. The first-order valence-corrected chi connectivity index (χ1v) is 12.1. The SMILES string of the molecule is COc1ccc(Cl)cc1N1CC(c2nc3ccccc3n2CCOc2ccc(C)cc2C)CC1=O. The van der Waals surface area contributed by atoms with Crippen LogP contribution in [0.25, 0.3) is 11.0 Å². The highest BCUT2D eigenvalue weighted by Crippen LogP contribution is 2.38. The molecule has 5 rings (SSSR count). The van der Waals surface area contributed by atoms with Crippen molar-refractivity contribution >= 4 is 34.2 Å². The molecule has 6 nitrogen and oxygen atoms in total. The lowest BCUT2D eigenvalue weighted by atomic mass is 10.1. The second kappa shape index (κ2) is 9.62. The van der Waals surface area contributed by atoms with Gasteiger partial charge in [-0.1, -0.05) is 41.4 Å². The van der Waals surface area contributed by atoms with E-state index in [1.807, 2.05) is 24.3 Å². The van der Waals surface area contributed by atoms with Crippen molar-refractivity contribution in [1.29, 1.82) is 0 Å². The molecule has 0 saturated carbocycles. The van der Waals surface area contributed by atoms with Crippen LogP contribution in [0.1, 0.15) is 29.3 Å². The van der Waals surface area contributed by atoms with Crippen molar-refractivity contribution in [2.24, 2.45) is 0 Å². The zero-order valence-corrected chi connectivity index (χ0v) is 20.9. The Morgan fingerprint density at radius 3 is 2.66 bits per heavy atom. The number of hydrogen-bond donors (Lipinski definition) is 0. The number of carbonyl (C=O) groups is 1. The number of rotatable bonds is 7. The molecule has 1 aliphatic rings. The number of aryl methyl sites for hydroxylation is 2. The van der Waals surface area contributed by atoms with Crippen LogP contribution in [-0.2, 0) is 11.3 Å². The molecular weight excluding hydrogens is 462 g/mol. The van der Waals surface area contributed by atoms with Crippen LogP contribution in [0, 0.1) is 13.8 Å². The maximum Gasteiger partial charge on any atom is 0.227 e. The Labute approximate surface area is 210 Å². The molecule has 0 bridgehead atoms. The fourth-order valence-electron chi connectivity index (χ4n) is 4.84.